The molecule has 0 bridgehead atoms. The van der Waals surface area contributed by atoms with Crippen LogP contribution in [0.1, 0.15) is 53.6 Å². The Morgan fingerprint density at radius 2 is 1.82 bits per heavy atom. The van der Waals surface area contributed by atoms with Crippen LogP contribution in [-0.4, -0.2) is 44.6 Å². The molecule has 2 unspecified atom stereocenters. The van der Waals surface area contributed by atoms with Crippen LogP contribution in [0.3, 0.4) is 0 Å². The van der Waals surface area contributed by atoms with E-state index in [1.54, 1.807) is 6.92 Å². The maximum atomic E-state index is 14.7. The highest BCUT2D eigenvalue weighted by atomic mass is 19.2. The molecule has 0 radical (unpaired) electrons. The van der Waals surface area contributed by atoms with Crippen molar-refractivity contribution in [3.05, 3.63) is 62.8 Å². The standard InChI is InChI=1S/C22H23F4N3O4/c1-4-22(3,26)11(2)29-6-5-28-10-14(18(30)19(31)17(28)21(29)33)20(32)27-9-13-15(24)7-12(23)8-16(13)25/h7-8,10-11,31H,4-6,9H2,1-3H3,(H,27,32). The Labute approximate surface area is 186 Å². The monoisotopic (exact) mass is 469 g/mol. The van der Waals surface area contributed by atoms with Gasteiger partial charge in [0.2, 0.25) is 5.43 Å². The number of aromatic nitrogens is 1. The molecule has 2 atom stereocenters. The number of amides is 2. The number of halogens is 4. The van der Waals surface area contributed by atoms with Crippen molar-refractivity contribution in [1.82, 2.24) is 14.8 Å². The summed E-state index contributed by atoms with van der Waals surface area (Å²) in [6.45, 7) is 3.97. The van der Waals surface area contributed by atoms with E-state index in [0.717, 1.165) is 6.20 Å². The van der Waals surface area contributed by atoms with E-state index in [0.29, 0.717) is 12.1 Å². The second-order valence-corrected chi connectivity index (χ2v) is 8.10. The smallest absolute Gasteiger partial charge is 0.274 e. The van der Waals surface area contributed by atoms with Gasteiger partial charge < -0.3 is 19.9 Å². The number of pyridine rings is 1. The Hall–Kier alpha value is -3.37. The zero-order chi connectivity index (χ0) is 24.7. The van der Waals surface area contributed by atoms with Gasteiger partial charge in [0.05, 0.1) is 6.04 Å². The molecule has 11 heteroatoms. The number of aromatic hydroxyl groups is 1. The van der Waals surface area contributed by atoms with Gasteiger partial charge in [0.1, 0.15) is 28.7 Å². The maximum absolute atomic E-state index is 14.7. The Morgan fingerprint density at radius 1 is 1.21 bits per heavy atom. The van der Waals surface area contributed by atoms with Gasteiger partial charge in [-0.15, -0.1) is 0 Å². The zero-order valence-electron chi connectivity index (χ0n) is 18.2. The van der Waals surface area contributed by atoms with Gasteiger partial charge in [0.15, 0.2) is 11.4 Å². The average Bonchev–Trinajstić information content (AvgIpc) is 2.74. The second-order valence-electron chi connectivity index (χ2n) is 8.10. The fraction of sp³-hybridized carbons (Fsp3) is 0.409. The molecule has 7 nitrogen and oxygen atoms in total. The van der Waals surface area contributed by atoms with Crippen LogP contribution in [0.2, 0.25) is 0 Å². The van der Waals surface area contributed by atoms with E-state index in [4.69, 9.17) is 0 Å². The highest BCUT2D eigenvalue weighted by Gasteiger charge is 2.40. The number of hydrogen-bond donors (Lipinski definition) is 2. The third kappa shape index (κ3) is 4.44. The fourth-order valence-electron chi connectivity index (χ4n) is 3.66. The highest BCUT2D eigenvalue weighted by Crippen LogP contribution is 2.29. The van der Waals surface area contributed by atoms with E-state index < -0.39 is 69.8 Å². The third-order valence-corrected chi connectivity index (χ3v) is 6.11. The summed E-state index contributed by atoms with van der Waals surface area (Å²) in [5.74, 6) is -6.37. The molecule has 0 spiro atoms. The number of nitrogens with zero attached hydrogens (tertiary/aromatic N) is 2. The summed E-state index contributed by atoms with van der Waals surface area (Å²) in [5, 5.41) is 12.5. The molecule has 33 heavy (non-hydrogen) atoms. The summed E-state index contributed by atoms with van der Waals surface area (Å²) in [7, 11) is 0. The van der Waals surface area contributed by atoms with Crippen molar-refractivity contribution in [3.63, 3.8) is 0 Å². The molecule has 2 aromatic rings. The Balaban J connectivity index is 1.88. The van der Waals surface area contributed by atoms with Crippen LogP contribution in [-0.2, 0) is 13.1 Å². The Kier molecular flexibility index (Phi) is 6.53. The van der Waals surface area contributed by atoms with Crippen molar-refractivity contribution in [2.24, 2.45) is 0 Å². The van der Waals surface area contributed by atoms with Crippen molar-refractivity contribution in [2.45, 2.75) is 52.0 Å². The van der Waals surface area contributed by atoms with Gasteiger partial charge in [0, 0.05) is 43.5 Å². The quantitative estimate of drug-likeness (QED) is 0.637. The number of rotatable bonds is 6. The molecule has 1 aliphatic rings. The molecule has 1 aromatic carbocycles. The molecule has 2 amide bonds. The lowest BCUT2D eigenvalue weighted by Crippen LogP contribution is -2.53. The van der Waals surface area contributed by atoms with Gasteiger partial charge in [-0.1, -0.05) is 6.92 Å². The van der Waals surface area contributed by atoms with Crippen LogP contribution in [0, 0.1) is 17.5 Å². The van der Waals surface area contributed by atoms with E-state index in [1.165, 1.54) is 23.3 Å². The van der Waals surface area contributed by atoms with Gasteiger partial charge in [-0.3, -0.25) is 14.4 Å². The van der Waals surface area contributed by atoms with Crippen LogP contribution in [0.15, 0.2) is 23.1 Å². The lowest BCUT2D eigenvalue weighted by Gasteiger charge is -2.39. The molecule has 1 aromatic heterocycles. The Morgan fingerprint density at radius 3 is 2.39 bits per heavy atom. The predicted octanol–water partition coefficient (Wildman–Crippen LogP) is 2.88. The molecule has 0 aliphatic carbocycles. The van der Waals surface area contributed by atoms with Gasteiger partial charge >= 0.3 is 0 Å². The summed E-state index contributed by atoms with van der Waals surface area (Å²) in [6.07, 6.45) is 1.20. The molecular weight excluding hydrogens is 446 g/mol. The minimum Gasteiger partial charge on any atom is -0.503 e. The fourth-order valence-corrected chi connectivity index (χ4v) is 3.66. The summed E-state index contributed by atoms with van der Waals surface area (Å²) < 4.78 is 56.5. The van der Waals surface area contributed by atoms with Crippen molar-refractivity contribution in [1.29, 1.82) is 0 Å². The van der Waals surface area contributed by atoms with Crippen LogP contribution in [0.25, 0.3) is 0 Å². The highest BCUT2D eigenvalue weighted by molar-refractivity contribution is 5.99. The number of fused-ring (bicyclic) bond motifs is 1. The third-order valence-electron chi connectivity index (χ3n) is 6.11. The molecule has 178 valence electrons. The van der Waals surface area contributed by atoms with Crippen molar-refractivity contribution in [2.75, 3.05) is 6.54 Å². The van der Waals surface area contributed by atoms with Crippen LogP contribution >= 0.6 is 0 Å². The largest absolute Gasteiger partial charge is 0.503 e. The van der Waals surface area contributed by atoms with Gasteiger partial charge in [-0.2, -0.15) is 0 Å². The molecule has 0 saturated carbocycles. The summed E-state index contributed by atoms with van der Waals surface area (Å²) in [4.78, 5) is 39.2. The van der Waals surface area contributed by atoms with Crippen LogP contribution in [0.4, 0.5) is 17.6 Å². The zero-order valence-corrected chi connectivity index (χ0v) is 18.2. The number of hydrogen-bond acceptors (Lipinski definition) is 4. The minimum absolute atomic E-state index is 0.0700. The van der Waals surface area contributed by atoms with Crippen LogP contribution in [0.5, 0.6) is 5.75 Å². The molecule has 1 aliphatic heterocycles. The van der Waals surface area contributed by atoms with Crippen molar-refractivity contribution in [3.8, 4) is 5.75 Å². The average molecular weight is 469 g/mol. The molecule has 3 rings (SSSR count). The van der Waals surface area contributed by atoms with Gasteiger partial charge in [-0.05, 0) is 20.3 Å². The number of alkyl halides is 1. The van der Waals surface area contributed by atoms with E-state index in [1.807, 2.05) is 0 Å². The van der Waals surface area contributed by atoms with E-state index in [2.05, 4.69) is 5.32 Å². The number of nitrogens with one attached hydrogen (secondary N) is 1. The molecular formula is C22H23F4N3O4. The van der Waals surface area contributed by atoms with Crippen LogP contribution < -0.4 is 10.7 Å². The topological polar surface area (TPSA) is 91.6 Å². The first kappa shape index (κ1) is 24.3. The van der Waals surface area contributed by atoms with Crippen molar-refractivity contribution >= 4 is 11.8 Å². The first-order valence-electron chi connectivity index (χ1n) is 10.3. The van der Waals surface area contributed by atoms with Crippen molar-refractivity contribution < 1.29 is 32.3 Å². The summed E-state index contributed by atoms with van der Waals surface area (Å²) in [6, 6.07) is 0.0641. The summed E-state index contributed by atoms with van der Waals surface area (Å²) in [5.41, 5.74) is -4.41. The predicted molar refractivity (Wildman–Crippen MR) is 110 cm³/mol. The Bertz CT molecular complexity index is 1160. The molecule has 2 heterocycles. The lowest BCUT2D eigenvalue weighted by atomic mass is 9.94. The summed E-state index contributed by atoms with van der Waals surface area (Å²) >= 11 is 0. The number of carbonyl (C=O) groups is 2. The lowest BCUT2D eigenvalue weighted by molar-refractivity contribution is 0.0257. The van der Waals surface area contributed by atoms with E-state index in [9.17, 15) is 37.1 Å². The SMILES string of the molecule is CCC(C)(F)C(C)N1CCn2cc(C(=O)NCc3c(F)cc(F)cc3F)c(=O)c(O)c2C1=O. The maximum Gasteiger partial charge on any atom is 0.274 e. The minimum atomic E-state index is -1.70. The van der Waals surface area contributed by atoms with E-state index in [-0.39, 0.29) is 25.2 Å². The van der Waals surface area contributed by atoms with E-state index >= 15 is 0 Å². The molecule has 0 fully saturated rings. The normalized spacial score (nSPS) is 16.2. The number of benzene rings is 1. The molecule has 2 N–H and O–H groups in total. The van der Waals surface area contributed by atoms with Gasteiger partial charge in [0.25, 0.3) is 11.8 Å². The first-order chi connectivity index (χ1) is 15.4. The number of carbonyl (C=O) groups excluding carboxylic acids is 2. The van der Waals surface area contributed by atoms with Gasteiger partial charge in [-0.25, -0.2) is 17.6 Å². The second kappa shape index (κ2) is 8.87. The molecule has 0 saturated heterocycles. The first-order valence-corrected chi connectivity index (χ1v) is 10.3.